The van der Waals surface area contributed by atoms with E-state index in [1.807, 2.05) is 22.5 Å². The van der Waals surface area contributed by atoms with Gasteiger partial charge < -0.3 is 4.18 Å². The molecule has 0 N–H and O–H groups in total. The molecular weight excluding hydrogens is 367 g/mol. The summed E-state index contributed by atoms with van der Waals surface area (Å²) in [6.45, 7) is 1.38. The molecule has 7 heteroatoms. The molecule has 0 aromatic heterocycles. The zero-order valence-electron chi connectivity index (χ0n) is 13.0. The molecule has 1 saturated heterocycles. The van der Waals surface area contributed by atoms with Crippen LogP contribution in [0.4, 0.5) is 5.69 Å². The summed E-state index contributed by atoms with van der Waals surface area (Å²) in [5.74, 6) is 0.525. The number of hydrogen-bond donors (Lipinski definition) is 0. The van der Waals surface area contributed by atoms with E-state index in [2.05, 4.69) is 4.36 Å². The Labute approximate surface area is 152 Å². The molecule has 0 aliphatic carbocycles. The number of rotatable bonds is 4. The molecule has 0 amide bonds. The lowest BCUT2D eigenvalue weighted by Gasteiger charge is -2.28. The normalized spacial score (nSPS) is 17.9. The van der Waals surface area contributed by atoms with Crippen LogP contribution in [0, 0.1) is 0 Å². The maximum absolute atomic E-state index is 13.5. The van der Waals surface area contributed by atoms with Gasteiger partial charge in [-0.2, -0.15) is 12.9 Å². The van der Waals surface area contributed by atoms with E-state index < -0.39 is 10.2 Å². The Bertz CT molecular complexity index is 815. The third-order valence-electron chi connectivity index (χ3n) is 3.71. The second-order valence-electron chi connectivity index (χ2n) is 5.52. The molecule has 0 bridgehead atoms. The van der Waals surface area contributed by atoms with Crippen molar-refractivity contribution < 1.29 is 8.39 Å². The van der Waals surface area contributed by atoms with E-state index in [9.17, 15) is 4.21 Å². The Kier molecular flexibility index (Phi) is 5.66. The second-order valence-corrected chi connectivity index (χ2v) is 8.10. The van der Waals surface area contributed by atoms with E-state index in [-0.39, 0.29) is 0 Å². The molecule has 0 spiro atoms. The summed E-state index contributed by atoms with van der Waals surface area (Å²) in [7, 11) is -3.07. The zero-order chi connectivity index (χ0) is 17.0. The Balaban J connectivity index is 2.01. The van der Waals surface area contributed by atoms with Crippen LogP contribution in [-0.4, -0.2) is 21.6 Å². The minimum absolute atomic E-state index is 0.373. The Morgan fingerprint density at radius 2 is 1.67 bits per heavy atom. The van der Waals surface area contributed by atoms with Crippen molar-refractivity contribution in [2.45, 2.75) is 19.3 Å². The van der Waals surface area contributed by atoms with Gasteiger partial charge in [0, 0.05) is 13.1 Å². The lowest BCUT2D eigenvalue weighted by Crippen LogP contribution is -2.38. The van der Waals surface area contributed by atoms with Crippen molar-refractivity contribution in [1.82, 2.24) is 4.31 Å². The van der Waals surface area contributed by atoms with Crippen molar-refractivity contribution in [2.75, 3.05) is 13.1 Å². The van der Waals surface area contributed by atoms with E-state index in [1.165, 1.54) is 0 Å². The molecule has 4 nitrogen and oxygen atoms in total. The van der Waals surface area contributed by atoms with Crippen molar-refractivity contribution in [3.63, 3.8) is 0 Å². The molecule has 1 aliphatic rings. The molecule has 2 aromatic carbocycles. The molecule has 1 atom stereocenters. The van der Waals surface area contributed by atoms with Crippen LogP contribution in [0.25, 0.3) is 0 Å². The molecule has 1 aliphatic heterocycles. The molecule has 1 fully saturated rings. The van der Waals surface area contributed by atoms with Gasteiger partial charge in [-0.25, -0.2) is 0 Å². The van der Waals surface area contributed by atoms with Gasteiger partial charge in [0.15, 0.2) is 0 Å². The van der Waals surface area contributed by atoms with E-state index in [0.717, 1.165) is 19.3 Å². The maximum atomic E-state index is 13.5. The summed E-state index contributed by atoms with van der Waals surface area (Å²) in [5.41, 5.74) is 0.482. The molecule has 24 heavy (non-hydrogen) atoms. The van der Waals surface area contributed by atoms with Crippen molar-refractivity contribution in [3.8, 4) is 5.75 Å². The molecule has 128 valence electrons. The topological polar surface area (TPSA) is 41.9 Å². The Morgan fingerprint density at radius 3 is 2.33 bits per heavy atom. The first-order valence-electron chi connectivity index (χ1n) is 7.79. The highest BCUT2D eigenvalue weighted by Crippen LogP contribution is 2.29. The van der Waals surface area contributed by atoms with Crippen LogP contribution in [0.2, 0.25) is 10.0 Å². The summed E-state index contributed by atoms with van der Waals surface area (Å²) in [4.78, 5) is 0. The smallest absolute Gasteiger partial charge is 0.283 e. The van der Waals surface area contributed by atoms with Gasteiger partial charge in [0.25, 0.3) is 10.2 Å². The van der Waals surface area contributed by atoms with E-state index in [0.29, 0.717) is 34.6 Å². The maximum Gasteiger partial charge on any atom is 0.283 e. The van der Waals surface area contributed by atoms with E-state index >= 15 is 0 Å². The van der Waals surface area contributed by atoms with Crippen LogP contribution >= 0.6 is 23.2 Å². The average Bonchev–Trinajstić information content (AvgIpc) is 2.60. The van der Waals surface area contributed by atoms with Crippen molar-refractivity contribution in [3.05, 3.63) is 58.6 Å². The number of benzene rings is 2. The zero-order valence-corrected chi connectivity index (χ0v) is 15.4. The molecule has 3 rings (SSSR count). The third kappa shape index (κ3) is 4.22. The fourth-order valence-corrected chi connectivity index (χ4v) is 4.51. The van der Waals surface area contributed by atoms with Gasteiger partial charge in [0.05, 0.1) is 15.7 Å². The number of nitrogens with zero attached hydrogens (tertiary/aromatic N) is 2. The van der Waals surface area contributed by atoms with Crippen LogP contribution in [0.5, 0.6) is 5.75 Å². The van der Waals surface area contributed by atoms with Crippen molar-refractivity contribution in [2.24, 2.45) is 4.36 Å². The Morgan fingerprint density at radius 1 is 0.958 bits per heavy atom. The standard InChI is InChI=1S/C17H18Cl2N2O2S/c18-16-10-9-14(13-17(16)19)20-24(22,21-11-5-2-6-12-21)23-15-7-3-1-4-8-15/h1,3-4,7-10,13H,2,5-6,11-12H2. The van der Waals surface area contributed by atoms with E-state index in [1.54, 1.807) is 30.3 Å². The van der Waals surface area contributed by atoms with Gasteiger partial charge in [0.2, 0.25) is 0 Å². The predicted molar refractivity (Wildman–Crippen MR) is 99.2 cm³/mol. The lowest BCUT2D eigenvalue weighted by molar-refractivity contribution is 0.334. The summed E-state index contributed by atoms with van der Waals surface area (Å²) in [6.07, 6.45) is 3.09. The molecular formula is C17H18Cl2N2O2S. The first kappa shape index (κ1) is 17.5. The minimum atomic E-state index is -3.07. The molecule has 1 unspecified atom stereocenters. The van der Waals surface area contributed by atoms with Crippen LogP contribution in [0.3, 0.4) is 0 Å². The Hall–Kier alpha value is -1.27. The third-order valence-corrected chi connectivity index (χ3v) is 6.32. The molecule has 0 radical (unpaired) electrons. The molecule has 0 saturated carbocycles. The first-order chi connectivity index (χ1) is 11.6. The van der Waals surface area contributed by atoms with E-state index in [4.69, 9.17) is 27.4 Å². The van der Waals surface area contributed by atoms with Crippen LogP contribution in [0.1, 0.15) is 19.3 Å². The van der Waals surface area contributed by atoms with Crippen molar-refractivity contribution >= 4 is 39.1 Å². The second kappa shape index (κ2) is 7.74. The highest BCUT2D eigenvalue weighted by Gasteiger charge is 2.25. The van der Waals surface area contributed by atoms with Crippen molar-refractivity contribution in [1.29, 1.82) is 0 Å². The number of hydrogen-bond acceptors (Lipinski definition) is 3. The lowest BCUT2D eigenvalue weighted by atomic mass is 10.2. The van der Waals surface area contributed by atoms with Gasteiger partial charge in [0.1, 0.15) is 5.75 Å². The average molecular weight is 385 g/mol. The monoisotopic (exact) mass is 384 g/mol. The highest BCUT2D eigenvalue weighted by molar-refractivity contribution is 7.87. The number of halogens is 2. The van der Waals surface area contributed by atoms with Crippen LogP contribution in [0.15, 0.2) is 52.9 Å². The number of para-hydroxylation sites is 1. The fraction of sp³-hybridized carbons (Fsp3) is 0.294. The minimum Gasteiger partial charge on any atom is -0.385 e. The van der Waals surface area contributed by atoms with Crippen LogP contribution < -0.4 is 4.18 Å². The van der Waals surface area contributed by atoms with Gasteiger partial charge in [-0.3, -0.25) is 0 Å². The molecule has 2 aromatic rings. The summed E-state index contributed by atoms with van der Waals surface area (Å²) in [6, 6.07) is 14.0. The first-order valence-corrected chi connectivity index (χ1v) is 9.94. The van der Waals surface area contributed by atoms with Gasteiger partial charge >= 0.3 is 0 Å². The van der Waals surface area contributed by atoms with Gasteiger partial charge in [-0.05, 0) is 43.2 Å². The summed E-state index contributed by atoms with van der Waals surface area (Å²) >= 11 is 12.0. The molecule has 1 heterocycles. The SMILES string of the molecule is O=S(=Nc1ccc(Cl)c(Cl)c1)(Oc1ccccc1)N1CCCCC1. The van der Waals surface area contributed by atoms with Gasteiger partial charge in [-0.15, -0.1) is 0 Å². The largest absolute Gasteiger partial charge is 0.385 e. The van der Waals surface area contributed by atoms with Gasteiger partial charge in [-0.1, -0.05) is 47.8 Å². The summed E-state index contributed by atoms with van der Waals surface area (Å²) < 4.78 is 25.6. The van der Waals surface area contributed by atoms with Crippen LogP contribution in [-0.2, 0) is 10.2 Å². The fourth-order valence-electron chi connectivity index (χ4n) is 2.50. The quantitative estimate of drug-likeness (QED) is 0.699. The number of piperidine rings is 1. The predicted octanol–water partition coefficient (Wildman–Crippen LogP) is 5.49. The highest BCUT2D eigenvalue weighted by atomic mass is 35.5. The summed E-state index contributed by atoms with van der Waals surface area (Å²) in [5, 5.41) is 0.807.